The minimum Gasteiger partial charge on any atom is -0.353 e. The van der Waals surface area contributed by atoms with Crippen LogP contribution in [-0.4, -0.2) is 73.6 Å². The molecular weight excluding hydrogens is 410 g/mol. The van der Waals surface area contributed by atoms with Crippen LogP contribution in [0.25, 0.3) is 11.3 Å². The average Bonchev–Trinajstić information content (AvgIpc) is 3.10. The Hall–Kier alpha value is -2.03. The number of aromatic nitrogens is 2. The van der Waals surface area contributed by atoms with Crippen molar-refractivity contribution in [2.45, 2.75) is 44.4 Å². The standard InChI is InChI=1S/C23H33N5O2S/c1-3-26-14-16-27(17-15-26)23-11-10-21(24-25-23)20-9-8-19(2)22(18-20)31(29,30)28-12-6-4-5-7-13-28/h8-11,18H,3-7,12-17H2,1-2H3. The SMILES string of the molecule is CCN1CCN(c2ccc(-c3ccc(C)c(S(=O)(=O)N4CCCCCC4)c3)nn2)CC1. The Morgan fingerprint density at radius 2 is 1.58 bits per heavy atom. The van der Waals surface area contributed by atoms with E-state index in [9.17, 15) is 8.42 Å². The van der Waals surface area contributed by atoms with Gasteiger partial charge in [-0.2, -0.15) is 4.31 Å². The zero-order valence-corrected chi connectivity index (χ0v) is 19.4. The van der Waals surface area contributed by atoms with Gasteiger partial charge < -0.3 is 9.80 Å². The van der Waals surface area contributed by atoms with Crippen molar-refractivity contribution in [3.63, 3.8) is 0 Å². The van der Waals surface area contributed by atoms with E-state index in [1.165, 1.54) is 0 Å². The molecular formula is C23H33N5O2S. The predicted molar refractivity (Wildman–Crippen MR) is 124 cm³/mol. The highest BCUT2D eigenvalue weighted by Crippen LogP contribution is 2.28. The van der Waals surface area contributed by atoms with Crippen LogP contribution in [0.5, 0.6) is 0 Å². The first kappa shape index (κ1) is 22.2. The highest BCUT2D eigenvalue weighted by Gasteiger charge is 2.27. The van der Waals surface area contributed by atoms with E-state index in [0.717, 1.165) is 75.4 Å². The van der Waals surface area contributed by atoms with Crippen LogP contribution < -0.4 is 4.90 Å². The fourth-order valence-electron chi connectivity index (χ4n) is 4.40. The first-order chi connectivity index (χ1) is 15.0. The van der Waals surface area contributed by atoms with Crippen LogP contribution >= 0.6 is 0 Å². The molecule has 1 aromatic carbocycles. The number of nitrogens with zero attached hydrogens (tertiary/aromatic N) is 5. The number of benzene rings is 1. The minimum absolute atomic E-state index is 0.383. The maximum absolute atomic E-state index is 13.3. The molecule has 0 atom stereocenters. The highest BCUT2D eigenvalue weighted by atomic mass is 32.2. The fraction of sp³-hybridized carbons (Fsp3) is 0.565. The van der Waals surface area contributed by atoms with Crippen molar-refractivity contribution in [1.29, 1.82) is 0 Å². The quantitative estimate of drug-likeness (QED) is 0.707. The van der Waals surface area contributed by atoms with E-state index in [4.69, 9.17) is 0 Å². The Labute approximate surface area is 186 Å². The van der Waals surface area contributed by atoms with Crippen LogP contribution in [0.3, 0.4) is 0 Å². The summed E-state index contributed by atoms with van der Waals surface area (Å²) in [4.78, 5) is 5.07. The molecule has 0 radical (unpaired) electrons. The zero-order chi connectivity index (χ0) is 21.8. The van der Waals surface area contributed by atoms with Gasteiger partial charge in [0.15, 0.2) is 5.82 Å². The number of piperazine rings is 1. The van der Waals surface area contributed by atoms with Gasteiger partial charge in [-0.1, -0.05) is 31.9 Å². The van der Waals surface area contributed by atoms with Gasteiger partial charge in [-0.05, 0) is 50.1 Å². The summed E-state index contributed by atoms with van der Waals surface area (Å²) in [6.07, 6.45) is 4.05. The molecule has 0 N–H and O–H groups in total. The third kappa shape index (κ3) is 4.91. The van der Waals surface area contributed by atoms with Crippen molar-refractivity contribution >= 4 is 15.8 Å². The second-order valence-electron chi connectivity index (χ2n) is 8.50. The number of hydrogen-bond donors (Lipinski definition) is 0. The number of rotatable bonds is 5. The molecule has 2 aliphatic heterocycles. The molecule has 3 heterocycles. The summed E-state index contributed by atoms with van der Waals surface area (Å²) in [5.74, 6) is 0.879. The summed E-state index contributed by atoms with van der Waals surface area (Å²) in [5.41, 5.74) is 2.25. The normalized spacial score (nSPS) is 19.4. The summed E-state index contributed by atoms with van der Waals surface area (Å²) >= 11 is 0. The van der Waals surface area contributed by atoms with E-state index in [0.29, 0.717) is 23.7 Å². The van der Waals surface area contributed by atoms with E-state index in [1.54, 1.807) is 10.4 Å². The maximum Gasteiger partial charge on any atom is 0.243 e. The lowest BCUT2D eigenvalue weighted by molar-refractivity contribution is 0.270. The van der Waals surface area contributed by atoms with Crippen molar-refractivity contribution in [2.75, 3.05) is 50.7 Å². The van der Waals surface area contributed by atoms with Gasteiger partial charge in [-0.3, -0.25) is 0 Å². The van der Waals surface area contributed by atoms with Crippen molar-refractivity contribution in [3.05, 3.63) is 35.9 Å². The number of hydrogen-bond acceptors (Lipinski definition) is 6. The Morgan fingerprint density at radius 1 is 0.871 bits per heavy atom. The number of sulfonamides is 1. The lowest BCUT2D eigenvalue weighted by Gasteiger charge is -2.34. The second kappa shape index (κ2) is 9.63. The van der Waals surface area contributed by atoms with Gasteiger partial charge in [0.1, 0.15) is 0 Å². The Bertz CT molecular complexity index is 978. The second-order valence-corrected chi connectivity index (χ2v) is 10.4. The summed E-state index contributed by atoms with van der Waals surface area (Å²) in [7, 11) is -3.51. The predicted octanol–water partition coefficient (Wildman–Crippen LogP) is 3.16. The molecule has 0 aliphatic carbocycles. The van der Waals surface area contributed by atoms with Crippen molar-refractivity contribution in [3.8, 4) is 11.3 Å². The summed E-state index contributed by atoms with van der Waals surface area (Å²) < 4.78 is 28.3. The Balaban J connectivity index is 1.55. The van der Waals surface area contributed by atoms with Gasteiger partial charge in [-0.15, -0.1) is 10.2 Å². The number of anilines is 1. The molecule has 2 aliphatic rings. The monoisotopic (exact) mass is 443 g/mol. The zero-order valence-electron chi connectivity index (χ0n) is 18.6. The van der Waals surface area contributed by atoms with Crippen LogP contribution in [0.2, 0.25) is 0 Å². The molecule has 31 heavy (non-hydrogen) atoms. The van der Waals surface area contributed by atoms with Gasteiger partial charge in [-0.25, -0.2) is 8.42 Å². The largest absolute Gasteiger partial charge is 0.353 e. The van der Waals surface area contributed by atoms with Gasteiger partial charge in [0.05, 0.1) is 10.6 Å². The molecule has 7 nitrogen and oxygen atoms in total. The lowest BCUT2D eigenvalue weighted by atomic mass is 10.1. The third-order valence-electron chi connectivity index (χ3n) is 6.46. The van der Waals surface area contributed by atoms with Crippen molar-refractivity contribution < 1.29 is 8.42 Å². The van der Waals surface area contributed by atoms with Crippen molar-refractivity contribution in [2.24, 2.45) is 0 Å². The Kier molecular flexibility index (Phi) is 6.89. The van der Waals surface area contributed by atoms with E-state index in [1.807, 2.05) is 31.2 Å². The molecule has 2 aromatic rings. The van der Waals surface area contributed by atoms with Crippen LogP contribution in [0, 0.1) is 6.92 Å². The summed E-state index contributed by atoms with van der Waals surface area (Å²) in [6, 6.07) is 9.51. The number of aryl methyl sites for hydroxylation is 1. The molecule has 0 bridgehead atoms. The molecule has 0 unspecified atom stereocenters. The highest BCUT2D eigenvalue weighted by molar-refractivity contribution is 7.89. The molecule has 2 fully saturated rings. The van der Waals surface area contributed by atoms with Crippen molar-refractivity contribution in [1.82, 2.24) is 19.4 Å². The third-order valence-corrected chi connectivity index (χ3v) is 8.50. The molecule has 168 valence electrons. The molecule has 2 saturated heterocycles. The molecule has 0 spiro atoms. The fourth-order valence-corrected chi connectivity index (χ4v) is 6.17. The minimum atomic E-state index is -3.51. The van der Waals surface area contributed by atoms with Gasteiger partial charge in [0, 0.05) is 44.8 Å². The van der Waals surface area contributed by atoms with E-state index in [-0.39, 0.29) is 0 Å². The number of likely N-dealkylation sites (N-methyl/N-ethyl adjacent to an activating group) is 1. The van der Waals surface area contributed by atoms with E-state index in [2.05, 4.69) is 26.9 Å². The molecule has 1 aromatic heterocycles. The maximum atomic E-state index is 13.3. The summed E-state index contributed by atoms with van der Waals surface area (Å²) in [5, 5.41) is 8.87. The lowest BCUT2D eigenvalue weighted by Crippen LogP contribution is -2.46. The van der Waals surface area contributed by atoms with Gasteiger partial charge in [0.2, 0.25) is 10.0 Å². The Morgan fingerprint density at radius 3 is 2.19 bits per heavy atom. The van der Waals surface area contributed by atoms with E-state index < -0.39 is 10.0 Å². The first-order valence-electron chi connectivity index (χ1n) is 11.4. The van der Waals surface area contributed by atoms with Crippen LogP contribution in [-0.2, 0) is 10.0 Å². The van der Waals surface area contributed by atoms with E-state index >= 15 is 0 Å². The molecule has 0 amide bonds. The average molecular weight is 444 g/mol. The summed E-state index contributed by atoms with van der Waals surface area (Å²) in [6.45, 7) is 10.3. The molecule has 0 saturated carbocycles. The van der Waals surface area contributed by atoms with Crippen LogP contribution in [0.15, 0.2) is 35.2 Å². The van der Waals surface area contributed by atoms with Crippen LogP contribution in [0.4, 0.5) is 5.82 Å². The first-order valence-corrected chi connectivity index (χ1v) is 12.9. The topological polar surface area (TPSA) is 69.6 Å². The van der Waals surface area contributed by atoms with Gasteiger partial charge >= 0.3 is 0 Å². The van der Waals surface area contributed by atoms with Gasteiger partial charge in [0.25, 0.3) is 0 Å². The van der Waals surface area contributed by atoms with Crippen LogP contribution in [0.1, 0.15) is 38.2 Å². The molecule has 8 heteroatoms. The smallest absolute Gasteiger partial charge is 0.243 e. The molecule has 4 rings (SSSR count).